The Kier molecular flexibility index (Phi) is 2.68. The minimum absolute atomic E-state index is 0.000370. The Bertz CT molecular complexity index is 637. The minimum atomic E-state index is -4.81. The minimum Gasteiger partial charge on any atom is -0.478 e. The van der Waals surface area contributed by atoms with E-state index in [-0.39, 0.29) is 16.5 Å². The maximum atomic E-state index is 13.3. The largest absolute Gasteiger partial charge is 0.478 e. The fourth-order valence-electron chi connectivity index (χ4n) is 1.48. The van der Waals surface area contributed by atoms with Crippen LogP contribution in [0, 0.1) is 5.82 Å². The van der Waals surface area contributed by atoms with E-state index in [9.17, 15) is 22.4 Å². The summed E-state index contributed by atoms with van der Waals surface area (Å²) in [6, 6.07) is 2.24. The molecule has 1 aromatic heterocycles. The summed E-state index contributed by atoms with van der Waals surface area (Å²) in [7, 11) is 0. The number of pyridine rings is 1. The SMILES string of the molecule is O=C(O)c1cnc2cc(C(F)(F)F)c(F)cc2c1. The average Bonchev–Trinajstić information content (AvgIpc) is 2.25. The third-order valence-electron chi connectivity index (χ3n) is 2.32. The van der Waals surface area contributed by atoms with Gasteiger partial charge in [-0.1, -0.05) is 0 Å². The number of rotatable bonds is 1. The van der Waals surface area contributed by atoms with Crippen LogP contribution in [0.3, 0.4) is 0 Å². The summed E-state index contributed by atoms with van der Waals surface area (Å²) in [5, 5.41) is 8.68. The lowest BCUT2D eigenvalue weighted by Crippen LogP contribution is -2.08. The van der Waals surface area contributed by atoms with Crippen molar-refractivity contribution in [2.45, 2.75) is 6.18 Å². The molecule has 1 N–H and O–H groups in total. The molecule has 3 nitrogen and oxygen atoms in total. The van der Waals surface area contributed by atoms with Gasteiger partial charge in [-0.2, -0.15) is 13.2 Å². The number of halogens is 4. The summed E-state index contributed by atoms with van der Waals surface area (Å²) in [6.07, 6.45) is -3.89. The first-order valence-corrected chi connectivity index (χ1v) is 4.69. The molecule has 0 amide bonds. The molecule has 0 radical (unpaired) electrons. The average molecular weight is 259 g/mol. The maximum absolute atomic E-state index is 13.3. The molecule has 0 saturated carbocycles. The van der Waals surface area contributed by atoms with E-state index in [2.05, 4.69) is 4.98 Å². The Morgan fingerprint density at radius 1 is 1.22 bits per heavy atom. The number of nitrogens with zero attached hydrogens (tertiary/aromatic N) is 1. The molecule has 1 heterocycles. The second-order valence-electron chi connectivity index (χ2n) is 3.55. The molecule has 0 saturated heterocycles. The smallest absolute Gasteiger partial charge is 0.419 e. The van der Waals surface area contributed by atoms with Crippen LogP contribution in [-0.2, 0) is 6.18 Å². The van der Waals surface area contributed by atoms with Crippen molar-refractivity contribution in [3.8, 4) is 0 Å². The van der Waals surface area contributed by atoms with Crippen LogP contribution in [0.2, 0.25) is 0 Å². The van der Waals surface area contributed by atoms with Crippen molar-refractivity contribution in [2.24, 2.45) is 0 Å². The lowest BCUT2D eigenvalue weighted by molar-refractivity contribution is -0.139. The van der Waals surface area contributed by atoms with Gasteiger partial charge in [-0.15, -0.1) is 0 Å². The highest BCUT2D eigenvalue weighted by Gasteiger charge is 2.34. The molecule has 2 rings (SSSR count). The molecule has 0 unspecified atom stereocenters. The molecular weight excluding hydrogens is 254 g/mol. The second-order valence-corrected chi connectivity index (χ2v) is 3.55. The van der Waals surface area contributed by atoms with Crippen LogP contribution in [0.5, 0.6) is 0 Å². The molecule has 0 bridgehead atoms. The number of benzene rings is 1. The second kappa shape index (κ2) is 3.94. The first kappa shape index (κ1) is 12.3. The number of carboxylic acids is 1. The zero-order chi connectivity index (χ0) is 13.5. The van der Waals surface area contributed by atoms with Crippen molar-refractivity contribution in [3.63, 3.8) is 0 Å². The molecule has 18 heavy (non-hydrogen) atoms. The van der Waals surface area contributed by atoms with Crippen LogP contribution in [0.25, 0.3) is 10.9 Å². The number of aromatic carboxylic acids is 1. The zero-order valence-electron chi connectivity index (χ0n) is 8.62. The summed E-state index contributed by atoms with van der Waals surface area (Å²) < 4.78 is 50.5. The molecule has 0 aliphatic heterocycles. The van der Waals surface area contributed by atoms with E-state index in [1.165, 1.54) is 0 Å². The van der Waals surface area contributed by atoms with Gasteiger partial charge in [0.2, 0.25) is 0 Å². The number of aromatic nitrogens is 1. The first-order valence-electron chi connectivity index (χ1n) is 4.69. The molecule has 94 valence electrons. The first-order chi connectivity index (χ1) is 8.29. The van der Waals surface area contributed by atoms with Gasteiger partial charge in [0, 0.05) is 11.6 Å². The molecule has 0 aliphatic rings. The fraction of sp³-hybridized carbons (Fsp3) is 0.0909. The molecule has 0 spiro atoms. The highest BCUT2D eigenvalue weighted by atomic mass is 19.4. The van der Waals surface area contributed by atoms with E-state index in [1.54, 1.807) is 0 Å². The zero-order valence-corrected chi connectivity index (χ0v) is 8.62. The molecule has 0 aliphatic carbocycles. The lowest BCUT2D eigenvalue weighted by Gasteiger charge is -2.09. The van der Waals surface area contributed by atoms with E-state index in [0.717, 1.165) is 12.3 Å². The maximum Gasteiger partial charge on any atom is 0.419 e. The molecule has 0 atom stereocenters. The molecule has 7 heteroatoms. The molecule has 0 fully saturated rings. The quantitative estimate of drug-likeness (QED) is 0.800. The van der Waals surface area contributed by atoms with Crippen molar-refractivity contribution in [1.82, 2.24) is 4.98 Å². The van der Waals surface area contributed by atoms with Crippen LogP contribution >= 0.6 is 0 Å². The van der Waals surface area contributed by atoms with E-state index in [0.29, 0.717) is 12.1 Å². The van der Waals surface area contributed by atoms with Gasteiger partial charge >= 0.3 is 12.1 Å². The molecule has 2 aromatic rings. The van der Waals surface area contributed by atoms with E-state index in [1.807, 2.05) is 0 Å². The topological polar surface area (TPSA) is 50.2 Å². The Labute approximate surface area is 97.7 Å². The predicted molar refractivity (Wildman–Crippen MR) is 53.7 cm³/mol. The van der Waals surface area contributed by atoms with Gasteiger partial charge < -0.3 is 5.11 Å². The predicted octanol–water partition coefficient (Wildman–Crippen LogP) is 3.09. The fourth-order valence-corrected chi connectivity index (χ4v) is 1.48. The van der Waals surface area contributed by atoms with Crippen molar-refractivity contribution in [1.29, 1.82) is 0 Å². The van der Waals surface area contributed by atoms with E-state index in [4.69, 9.17) is 5.11 Å². The standard InChI is InChI=1S/C11H5F4NO2/c12-8-2-5-1-6(10(17)18)4-16-9(5)3-7(8)11(13,14)15/h1-4H,(H,17,18). The Balaban J connectivity index is 2.68. The van der Waals surface area contributed by atoms with Crippen molar-refractivity contribution < 1.29 is 27.5 Å². The summed E-state index contributed by atoms with van der Waals surface area (Å²) in [4.78, 5) is 14.2. The highest BCUT2D eigenvalue weighted by Crippen LogP contribution is 2.33. The summed E-state index contributed by atoms with van der Waals surface area (Å²) in [5.41, 5.74) is -1.76. The normalized spacial score (nSPS) is 11.8. The summed E-state index contributed by atoms with van der Waals surface area (Å²) in [5.74, 6) is -2.75. The molecular formula is C11H5F4NO2. The van der Waals surface area contributed by atoms with E-state index >= 15 is 0 Å². The van der Waals surface area contributed by atoms with Gasteiger partial charge in [0.25, 0.3) is 0 Å². The van der Waals surface area contributed by atoms with Crippen LogP contribution in [0.4, 0.5) is 17.6 Å². The van der Waals surface area contributed by atoms with Gasteiger partial charge in [0.15, 0.2) is 0 Å². The molecule has 1 aromatic carbocycles. The van der Waals surface area contributed by atoms with Gasteiger partial charge in [-0.3, -0.25) is 4.98 Å². The number of fused-ring (bicyclic) bond motifs is 1. The lowest BCUT2D eigenvalue weighted by atomic mass is 10.1. The Hall–Kier alpha value is -2.18. The van der Waals surface area contributed by atoms with Gasteiger partial charge in [-0.05, 0) is 18.2 Å². The number of carbonyl (C=O) groups is 1. The number of hydrogen-bond acceptors (Lipinski definition) is 2. The van der Waals surface area contributed by atoms with Crippen molar-refractivity contribution in [3.05, 3.63) is 41.3 Å². The van der Waals surface area contributed by atoms with Crippen LogP contribution in [0.15, 0.2) is 24.4 Å². The third-order valence-corrected chi connectivity index (χ3v) is 2.32. The Morgan fingerprint density at radius 2 is 1.89 bits per heavy atom. The van der Waals surface area contributed by atoms with Crippen molar-refractivity contribution >= 4 is 16.9 Å². The van der Waals surface area contributed by atoms with Crippen LogP contribution in [-0.4, -0.2) is 16.1 Å². The third kappa shape index (κ3) is 2.11. The van der Waals surface area contributed by atoms with Crippen LogP contribution in [0.1, 0.15) is 15.9 Å². The highest BCUT2D eigenvalue weighted by molar-refractivity contribution is 5.92. The number of carboxylic acid groups (broad SMARTS) is 1. The Morgan fingerprint density at radius 3 is 2.44 bits per heavy atom. The van der Waals surface area contributed by atoms with Gasteiger partial charge in [0.1, 0.15) is 5.82 Å². The summed E-state index contributed by atoms with van der Waals surface area (Å²) in [6.45, 7) is 0. The van der Waals surface area contributed by atoms with Crippen molar-refractivity contribution in [2.75, 3.05) is 0 Å². The van der Waals surface area contributed by atoms with Crippen LogP contribution < -0.4 is 0 Å². The number of alkyl halides is 3. The monoisotopic (exact) mass is 259 g/mol. The van der Waals surface area contributed by atoms with Gasteiger partial charge in [0.05, 0.1) is 16.6 Å². The van der Waals surface area contributed by atoms with Gasteiger partial charge in [-0.25, -0.2) is 9.18 Å². The number of hydrogen-bond donors (Lipinski definition) is 1. The van der Waals surface area contributed by atoms with E-state index < -0.39 is 23.5 Å². The summed E-state index contributed by atoms with van der Waals surface area (Å²) >= 11 is 0.